The number of rotatable bonds is 4. The van der Waals surface area contributed by atoms with Gasteiger partial charge >= 0.3 is 59.1 Å². The number of aliphatic hydroxyl groups excluding tert-OH is 2. The van der Waals surface area contributed by atoms with Gasteiger partial charge in [-0.25, -0.2) is 9.97 Å². The number of hydrogen-bond donors (Lipinski definition) is 3. The summed E-state index contributed by atoms with van der Waals surface area (Å²) in [5.41, 5.74) is -0.397. The van der Waals surface area contributed by atoms with Gasteiger partial charge in [-0.15, -0.1) is 0 Å². The molecule has 2 aromatic rings. The Morgan fingerprint density at radius 2 is 1.96 bits per heavy atom. The van der Waals surface area contributed by atoms with E-state index in [4.69, 9.17) is 4.74 Å². The number of phosphoric ester groups is 1. The molecule has 0 aromatic carbocycles. The zero-order valence-corrected chi connectivity index (χ0v) is 18.2. The predicted molar refractivity (Wildman–Crippen MR) is 74.4 cm³/mol. The van der Waals surface area contributed by atoms with Crippen LogP contribution in [0.5, 0.6) is 0 Å². The maximum atomic E-state index is 11.6. The van der Waals surface area contributed by atoms with E-state index in [1.54, 1.807) is 0 Å². The fraction of sp³-hybridized carbons (Fsp3) is 0.545. The van der Waals surface area contributed by atoms with Crippen molar-refractivity contribution in [3.63, 3.8) is 0 Å². The first-order chi connectivity index (χ1) is 10.8. The molecule has 2 aromatic heterocycles. The number of phosphoric acid groups is 1. The fourth-order valence-electron chi connectivity index (χ4n) is 2.31. The van der Waals surface area contributed by atoms with Crippen LogP contribution in [0.1, 0.15) is 13.7 Å². The molecular weight excluding hydrogens is 393 g/mol. The van der Waals surface area contributed by atoms with E-state index in [0.29, 0.717) is 0 Å². The largest absolute Gasteiger partial charge is 1.00 e. The molecule has 12 nitrogen and oxygen atoms in total. The van der Waals surface area contributed by atoms with Crippen LogP contribution in [0.2, 0.25) is 0 Å². The van der Waals surface area contributed by atoms with E-state index in [2.05, 4.69) is 19.5 Å². The SMILES string of the molecule is C.O=c1[nH]cnc2c1ncn2C1OC(COP(=O)([O-])[O-])C(O)C1O.[Na+].[Na+]. The maximum Gasteiger partial charge on any atom is 1.00 e. The van der Waals surface area contributed by atoms with Crippen LogP contribution < -0.4 is 74.5 Å². The summed E-state index contributed by atoms with van der Waals surface area (Å²) in [7, 11) is -5.24. The summed E-state index contributed by atoms with van der Waals surface area (Å²) in [5.74, 6) is 0. The number of nitrogens with one attached hydrogen (secondary N) is 1. The minimum Gasteiger partial charge on any atom is -0.790 e. The molecule has 0 aliphatic carbocycles. The molecule has 0 bridgehead atoms. The van der Waals surface area contributed by atoms with Crippen molar-refractivity contribution in [3.8, 4) is 0 Å². The predicted octanol–water partition coefficient (Wildman–Crippen LogP) is -8.77. The van der Waals surface area contributed by atoms with Gasteiger partial charge < -0.3 is 38.8 Å². The Morgan fingerprint density at radius 3 is 2.58 bits per heavy atom. The molecule has 1 saturated heterocycles. The van der Waals surface area contributed by atoms with Gasteiger partial charge in [-0.1, -0.05) is 7.43 Å². The third-order valence-corrected chi connectivity index (χ3v) is 3.84. The normalized spacial score (nSPS) is 25.2. The number of aromatic amines is 1. The number of imidazole rings is 1. The molecule has 26 heavy (non-hydrogen) atoms. The number of H-pyrrole nitrogens is 1. The Hall–Kier alpha value is 0.340. The molecule has 0 amide bonds. The van der Waals surface area contributed by atoms with Crippen LogP contribution in [-0.4, -0.2) is 54.7 Å². The molecule has 134 valence electrons. The van der Waals surface area contributed by atoms with Crippen LogP contribution in [0, 0.1) is 0 Å². The molecule has 1 aliphatic rings. The Bertz CT molecular complexity index is 826. The summed E-state index contributed by atoms with van der Waals surface area (Å²) in [5, 5.41) is 19.9. The van der Waals surface area contributed by atoms with Gasteiger partial charge in [0.25, 0.3) is 5.56 Å². The van der Waals surface area contributed by atoms with Crippen LogP contribution in [0.4, 0.5) is 0 Å². The van der Waals surface area contributed by atoms with Gasteiger partial charge in [-0.3, -0.25) is 9.36 Å². The quantitative estimate of drug-likeness (QED) is 0.324. The second-order valence-electron chi connectivity index (χ2n) is 4.84. The molecule has 1 fully saturated rings. The zero-order valence-electron chi connectivity index (χ0n) is 13.3. The minimum absolute atomic E-state index is 0. The van der Waals surface area contributed by atoms with Crippen LogP contribution in [-0.2, 0) is 13.8 Å². The van der Waals surface area contributed by atoms with Crippen molar-refractivity contribution in [1.82, 2.24) is 19.5 Å². The number of fused-ring (bicyclic) bond motifs is 1. The van der Waals surface area contributed by atoms with Crippen LogP contribution in [0.15, 0.2) is 17.4 Å². The van der Waals surface area contributed by atoms with Crippen molar-refractivity contribution in [1.29, 1.82) is 0 Å². The molecule has 4 atom stereocenters. The van der Waals surface area contributed by atoms with Gasteiger partial charge in [0.2, 0.25) is 0 Å². The molecule has 0 radical (unpaired) electrons. The first-order valence-corrected chi connectivity index (χ1v) is 7.82. The summed E-state index contributed by atoms with van der Waals surface area (Å²) in [6, 6.07) is 0. The topological polar surface area (TPSA) is 186 Å². The molecular formula is C11H15N4Na2O8P. The smallest absolute Gasteiger partial charge is 0.790 e. The van der Waals surface area contributed by atoms with Gasteiger partial charge in [0.05, 0.1) is 27.1 Å². The molecule has 3 rings (SSSR count). The minimum atomic E-state index is -5.24. The standard InChI is InChI=1S/C10H13N4O8P.CH4.2Na/c15-6-4(1-21-23(18,19)20)22-10(7(6)16)14-3-13-5-8(14)11-2-12-9(5)17;;;/h2-4,6-7,10,15-16H,1H2,(H,11,12,17)(H2,18,19,20);1H4;;/q;;2*+1/p-2. The van der Waals surface area contributed by atoms with Crippen LogP contribution in [0.25, 0.3) is 11.2 Å². The molecule has 3 heterocycles. The number of ether oxygens (including phenoxy) is 1. The van der Waals surface area contributed by atoms with Crippen molar-refractivity contribution in [3.05, 3.63) is 23.0 Å². The number of aromatic nitrogens is 4. The number of hydrogen-bond acceptors (Lipinski definition) is 10. The zero-order chi connectivity index (χ0) is 16.8. The fourth-order valence-corrected chi connectivity index (χ4v) is 2.64. The maximum absolute atomic E-state index is 11.6. The van der Waals surface area contributed by atoms with Crippen molar-refractivity contribution < 1.29 is 92.9 Å². The Kier molecular flexibility index (Phi) is 10.3. The molecule has 0 spiro atoms. The third-order valence-electron chi connectivity index (χ3n) is 3.37. The Morgan fingerprint density at radius 1 is 1.31 bits per heavy atom. The number of nitrogens with zero attached hydrogens (tertiary/aromatic N) is 3. The molecule has 4 unspecified atom stereocenters. The average Bonchev–Trinajstić information content (AvgIpc) is 3.01. The molecule has 0 saturated carbocycles. The van der Waals surface area contributed by atoms with E-state index in [1.807, 2.05) is 0 Å². The summed E-state index contributed by atoms with van der Waals surface area (Å²) in [6.45, 7) is -0.750. The van der Waals surface area contributed by atoms with E-state index >= 15 is 0 Å². The summed E-state index contributed by atoms with van der Waals surface area (Å²) in [4.78, 5) is 42.6. The van der Waals surface area contributed by atoms with Gasteiger partial charge in [-0.2, -0.15) is 0 Å². The summed E-state index contributed by atoms with van der Waals surface area (Å²) >= 11 is 0. The summed E-state index contributed by atoms with van der Waals surface area (Å²) < 4.78 is 21.1. The molecule has 15 heteroatoms. The van der Waals surface area contributed by atoms with E-state index < -0.39 is 44.5 Å². The van der Waals surface area contributed by atoms with E-state index in [-0.39, 0.29) is 77.7 Å². The second kappa shape index (κ2) is 10.2. The van der Waals surface area contributed by atoms with Crippen molar-refractivity contribution in [2.24, 2.45) is 0 Å². The monoisotopic (exact) mass is 408 g/mol. The first-order valence-electron chi connectivity index (χ1n) is 6.36. The van der Waals surface area contributed by atoms with Gasteiger partial charge in [-0.05, 0) is 0 Å². The van der Waals surface area contributed by atoms with Gasteiger partial charge in [0.15, 0.2) is 17.4 Å². The van der Waals surface area contributed by atoms with Crippen molar-refractivity contribution in [2.45, 2.75) is 32.0 Å². The van der Waals surface area contributed by atoms with Gasteiger partial charge in [0, 0.05) is 0 Å². The number of aliphatic hydroxyl groups is 2. The van der Waals surface area contributed by atoms with Gasteiger partial charge in [0.1, 0.15) is 18.3 Å². The first kappa shape index (κ1) is 26.3. The molecule has 1 aliphatic heterocycles. The van der Waals surface area contributed by atoms with Crippen LogP contribution in [0.3, 0.4) is 0 Å². The van der Waals surface area contributed by atoms with E-state index in [1.165, 1.54) is 10.9 Å². The van der Waals surface area contributed by atoms with E-state index in [0.717, 1.165) is 6.33 Å². The van der Waals surface area contributed by atoms with E-state index in [9.17, 15) is 29.4 Å². The molecule has 3 N–H and O–H groups in total. The van der Waals surface area contributed by atoms with Crippen LogP contribution >= 0.6 is 7.82 Å². The average molecular weight is 408 g/mol. The second-order valence-corrected chi connectivity index (χ2v) is 6.00. The van der Waals surface area contributed by atoms with Crippen molar-refractivity contribution >= 4 is 19.0 Å². The third kappa shape index (κ3) is 5.45. The van der Waals surface area contributed by atoms with Crippen molar-refractivity contribution in [2.75, 3.05) is 6.61 Å². The summed E-state index contributed by atoms with van der Waals surface area (Å²) in [6.07, 6.45) is -3.11. The Labute approximate surface area is 191 Å². The Balaban J connectivity index is 0.00000208.